The van der Waals surface area contributed by atoms with Crippen molar-refractivity contribution in [2.45, 2.75) is 12.3 Å². The van der Waals surface area contributed by atoms with Crippen LogP contribution in [-0.2, 0) is 5.41 Å². The van der Waals surface area contributed by atoms with E-state index in [0.29, 0.717) is 0 Å². The van der Waals surface area contributed by atoms with Crippen LogP contribution in [-0.4, -0.2) is 0 Å². The second kappa shape index (κ2) is 6.39. The van der Waals surface area contributed by atoms with Crippen molar-refractivity contribution in [2.75, 3.05) is 0 Å². The van der Waals surface area contributed by atoms with Gasteiger partial charge in [0.15, 0.2) is 0 Å². The molecule has 0 saturated carbocycles. The molecule has 0 bridgehead atoms. The fourth-order valence-electron chi connectivity index (χ4n) is 2.80. The molecule has 22 heavy (non-hydrogen) atoms. The quantitative estimate of drug-likeness (QED) is 0.450. The van der Waals surface area contributed by atoms with Gasteiger partial charge in [0.2, 0.25) is 0 Å². The number of rotatable bonds is 3. The van der Waals surface area contributed by atoms with E-state index in [4.69, 9.17) is 0 Å². The topological polar surface area (TPSA) is 0 Å². The van der Waals surface area contributed by atoms with Crippen molar-refractivity contribution < 1.29 is 0 Å². The van der Waals surface area contributed by atoms with Gasteiger partial charge in [0.05, 0.1) is 0 Å². The SMILES string of the molecule is CC(c1cc[c]cc1)(c1cc[c]cc1)c1cc(Br)ccc1Br. The Bertz CT molecular complexity index is 725. The van der Waals surface area contributed by atoms with Crippen LogP contribution in [0.25, 0.3) is 0 Å². The van der Waals surface area contributed by atoms with Gasteiger partial charge in [-0.25, -0.2) is 0 Å². The van der Waals surface area contributed by atoms with Gasteiger partial charge >= 0.3 is 0 Å². The van der Waals surface area contributed by atoms with E-state index in [-0.39, 0.29) is 5.41 Å². The van der Waals surface area contributed by atoms with Crippen LogP contribution in [0.5, 0.6) is 0 Å². The van der Waals surface area contributed by atoms with Gasteiger partial charge in [-0.2, -0.15) is 0 Å². The van der Waals surface area contributed by atoms with E-state index >= 15 is 0 Å². The minimum absolute atomic E-state index is 0.257. The highest BCUT2D eigenvalue weighted by atomic mass is 79.9. The standard InChI is InChI=1S/C20H14Br2/c1-20(15-8-4-2-5-9-15,16-10-6-3-7-11-16)18-14-17(21)12-13-19(18)22/h4-14H,1H3. The first kappa shape index (κ1) is 15.5. The summed E-state index contributed by atoms with van der Waals surface area (Å²) in [6.07, 6.45) is 0. The van der Waals surface area contributed by atoms with Crippen molar-refractivity contribution in [3.8, 4) is 0 Å². The predicted octanol–water partition coefficient (Wildman–Crippen LogP) is 6.17. The first-order valence-electron chi connectivity index (χ1n) is 7.01. The van der Waals surface area contributed by atoms with E-state index in [2.05, 4.69) is 87.3 Å². The van der Waals surface area contributed by atoms with Gasteiger partial charge in [0.25, 0.3) is 0 Å². The first-order chi connectivity index (χ1) is 10.6. The number of halogens is 2. The summed E-state index contributed by atoms with van der Waals surface area (Å²) in [6.45, 7) is 2.25. The van der Waals surface area contributed by atoms with Crippen LogP contribution in [0.4, 0.5) is 0 Å². The Morgan fingerprint density at radius 3 is 1.77 bits per heavy atom. The minimum atomic E-state index is -0.257. The first-order valence-corrected chi connectivity index (χ1v) is 8.59. The van der Waals surface area contributed by atoms with Crippen molar-refractivity contribution in [3.05, 3.63) is 104 Å². The molecule has 0 heterocycles. The van der Waals surface area contributed by atoms with Gasteiger partial charge in [-0.3, -0.25) is 0 Å². The summed E-state index contributed by atoms with van der Waals surface area (Å²) >= 11 is 7.33. The number of hydrogen-bond acceptors (Lipinski definition) is 0. The molecule has 3 rings (SSSR count). The summed E-state index contributed by atoms with van der Waals surface area (Å²) < 4.78 is 2.17. The molecule has 0 nitrogen and oxygen atoms in total. The van der Waals surface area contributed by atoms with E-state index in [9.17, 15) is 0 Å². The molecule has 0 fully saturated rings. The molecule has 2 radical (unpaired) electrons. The summed E-state index contributed by atoms with van der Waals surface area (Å²) in [4.78, 5) is 0. The zero-order valence-electron chi connectivity index (χ0n) is 12.1. The summed E-state index contributed by atoms with van der Waals surface area (Å²) in [5.74, 6) is 0. The Morgan fingerprint density at radius 1 is 0.773 bits per heavy atom. The fourth-order valence-corrected chi connectivity index (χ4v) is 3.80. The van der Waals surface area contributed by atoms with Crippen LogP contribution >= 0.6 is 31.9 Å². The largest absolute Gasteiger partial charge is 0.0572 e. The molecule has 0 atom stereocenters. The van der Waals surface area contributed by atoms with E-state index in [1.165, 1.54) is 16.7 Å². The molecule has 0 aliphatic heterocycles. The van der Waals surface area contributed by atoms with Crippen molar-refractivity contribution in [1.82, 2.24) is 0 Å². The van der Waals surface area contributed by atoms with Crippen LogP contribution in [0.1, 0.15) is 23.6 Å². The third-order valence-electron chi connectivity index (χ3n) is 4.06. The van der Waals surface area contributed by atoms with Crippen LogP contribution in [0.3, 0.4) is 0 Å². The summed E-state index contributed by atoms with van der Waals surface area (Å²) in [5.41, 5.74) is 3.43. The zero-order valence-corrected chi connectivity index (χ0v) is 15.3. The smallest absolute Gasteiger partial charge is 0.0434 e. The Hall–Kier alpha value is -1.38. The molecule has 0 aliphatic rings. The maximum Gasteiger partial charge on any atom is 0.0434 e. The molecule has 0 unspecified atom stereocenters. The minimum Gasteiger partial charge on any atom is -0.0572 e. The maximum atomic E-state index is 3.72. The average Bonchev–Trinajstić information content (AvgIpc) is 2.58. The second-order valence-electron chi connectivity index (χ2n) is 5.33. The summed E-state index contributed by atoms with van der Waals surface area (Å²) in [5, 5.41) is 0. The van der Waals surface area contributed by atoms with Crippen molar-refractivity contribution in [2.24, 2.45) is 0 Å². The van der Waals surface area contributed by atoms with Crippen molar-refractivity contribution in [1.29, 1.82) is 0 Å². The fraction of sp³-hybridized carbons (Fsp3) is 0.100. The Kier molecular flexibility index (Phi) is 4.51. The third kappa shape index (κ3) is 2.78. The molecule has 0 aliphatic carbocycles. The Balaban J connectivity index is 2.31. The Labute approximate surface area is 148 Å². The number of hydrogen-bond donors (Lipinski definition) is 0. The molecular formula is C20H14Br2. The van der Waals surface area contributed by atoms with Crippen molar-refractivity contribution in [3.63, 3.8) is 0 Å². The molecule has 3 aromatic rings. The van der Waals surface area contributed by atoms with E-state index < -0.39 is 0 Å². The molecule has 2 heteroatoms. The van der Waals surface area contributed by atoms with Crippen molar-refractivity contribution >= 4 is 31.9 Å². The average molecular weight is 414 g/mol. The number of benzene rings is 3. The van der Waals surface area contributed by atoms with Crippen LogP contribution in [0, 0.1) is 12.1 Å². The van der Waals surface area contributed by atoms with Gasteiger partial charge in [-0.05, 0) is 53.9 Å². The van der Waals surface area contributed by atoms with Crippen LogP contribution < -0.4 is 0 Å². The Morgan fingerprint density at radius 2 is 1.27 bits per heavy atom. The monoisotopic (exact) mass is 412 g/mol. The lowest BCUT2D eigenvalue weighted by Gasteiger charge is -2.33. The summed E-state index contributed by atoms with van der Waals surface area (Å²) in [6, 6.07) is 28.9. The molecule has 0 saturated heterocycles. The highest BCUT2D eigenvalue weighted by Crippen LogP contribution is 2.42. The maximum absolute atomic E-state index is 3.72. The highest BCUT2D eigenvalue weighted by molar-refractivity contribution is 9.11. The highest BCUT2D eigenvalue weighted by Gasteiger charge is 2.32. The lowest BCUT2D eigenvalue weighted by Crippen LogP contribution is -2.25. The normalized spacial score (nSPS) is 11.4. The van der Waals surface area contributed by atoms with Crippen LogP contribution in [0.2, 0.25) is 0 Å². The molecule has 0 amide bonds. The van der Waals surface area contributed by atoms with Gasteiger partial charge in [0.1, 0.15) is 0 Å². The van der Waals surface area contributed by atoms with Gasteiger partial charge in [-0.1, -0.05) is 80.4 Å². The lowest BCUT2D eigenvalue weighted by atomic mass is 9.71. The molecule has 0 aromatic heterocycles. The van der Waals surface area contributed by atoms with E-state index in [0.717, 1.165) is 8.95 Å². The van der Waals surface area contributed by atoms with Gasteiger partial charge < -0.3 is 0 Å². The molecule has 0 N–H and O–H groups in total. The predicted molar refractivity (Wildman–Crippen MR) is 98.0 cm³/mol. The van der Waals surface area contributed by atoms with E-state index in [1.807, 2.05) is 30.3 Å². The summed E-state index contributed by atoms with van der Waals surface area (Å²) in [7, 11) is 0. The van der Waals surface area contributed by atoms with E-state index in [1.54, 1.807) is 0 Å². The third-order valence-corrected chi connectivity index (χ3v) is 5.24. The molecular weight excluding hydrogens is 400 g/mol. The molecule has 108 valence electrons. The molecule has 3 aromatic carbocycles. The van der Waals surface area contributed by atoms with Gasteiger partial charge in [0, 0.05) is 14.4 Å². The lowest BCUT2D eigenvalue weighted by molar-refractivity contribution is 0.688. The van der Waals surface area contributed by atoms with Gasteiger partial charge in [-0.15, -0.1) is 0 Å². The zero-order chi connectivity index (χ0) is 15.6. The second-order valence-corrected chi connectivity index (χ2v) is 7.10. The molecule has 0 spiro atoms. The van der Waals surface area contributed by atoms with Crippen LogP contribution in [0.15, 0.2) is 75.7 Å².